The number of fused-ring (bicyclic) bond motifs is 1. The molecule has 1 saturated heterocycles. The maximum atomic E-state index is 10.8. The molecule has 2 unspecified atom stereocenters. The second-order valence-electron chi connectivity index (χ2n) is 6.66. The van der Waals surface area contributed by atoms with E-state index in [0.717, 1.165) is 0 Å². The van der Waals surface area contributed by atoms with E-state index >= 15 is 0 Å². The van der Waals surface area contributed by atoms with Gasteiger partial charge in [-0.3, -0.25) is 9.36 Å². The van der Waals surface area contributed by atoms with E-state index in [1.165, 1.54) is 6.33 Å². The molecule has 1 aliphatic rings. The third-order valence-corrected chi connectivity index (χ3v) is 6.48. The van der Waals surface area contributed by atoms with E-state index in [1.807, 2.05) is 6.26 Å². The maximum absolute atomic E-state index is 10.8. The largest absolute Gasteiger partial charge is 0.480 e. The molecule has 11 heteroatoms. The fourth-order valence-electron chi connectivity index (χ4n) is 3.05. The van der Waals surface area contributed by atoms with Crippen molar-refractivity contribution in [1.29, 1.82) is 0 Å². The lowest BCUT2D eigenvalue weighted by atomic mass is 10.1. The minimum absolute atomic E-state index is 0.225. The Morgan fingerprint density at radius 3 is 2.85 bits per heavy atom. The number of carboxylic acids is 1. The number of nitrogens with two attached hydrogens (primary N) is 2. The number of anilines is 1. The van der Waals surface area contributed by atoms with Gasteiger partial charge in [-0.05, 0) is 17.0 Å². The van der Waals surface area contributed by atoms with Crippen molar-refractivity contribution in [3.63, 3.8) is 0 Å². The van der Waals surface area contributed by atoms with Gasteiger partial charge in [-0.2, -0.15) is 0 Å². The number of aromatic nitrogens is 3. The first kappa shape index (κ1) is 19.8. The summed E-state index contributed by atoms with van der Waals surface area (Å²) in [6, 6.07) is 0.731. The Bertz CT molecular complexity index is 818. The molecule has 3 rings (SSSR count). The lowest BCUT2D eigenvalue weighted by Crippen LogP contribution is -2.37. The number of carbonyl (C=O) groups is 1. The van der Waals surface area contributed by atoms with Gasteiger partial charge in [0.05, 0.1) is 18.3 Å². The molecule has 2 aromatic heterocycles. The van der Waals surface area contributed by atoms with E-state index in [2.05, 4.69) is 9.97 Å². The summed E-state index contributed by atoms with van der Waals surface area (Å²) in [6.07, 6.45) is 1.69. The highest BCUT2D eigenvalue weighted by Gasteiger charge is 2.46. The minimum atomic E-state index is -1.14. The number of nitrogen functional groups attached to an aromatic ring is 1. The quantitative estimate of drug-likeness (QED) is 0.355. The van der Waals surface area contributed by atoms with Gasteiger partial charge in [-0.25, -0.2) is 9.97 Å². The molecular formula is C16H24N5O5S+. The van der Waals surface area contributed by atoms with Crippen molar-refractivity contribution in [2.24, 2.45) is 5.73 Å². The molecule has 0 aromatic carbocycles. The highest BCUT2D eigenvalue weighted by Crippen LogP contribution is 2.32. The van der Waals surface area contributed by atoms with Crippen LogP contribution in [0.1, 0.15) is 12.6 Å². The number of aliphatic hydroxyl groups excluding tert-OH is 2. The molecular weight excluding hydrogens is 374 g/mol. The Balaban J connectivity index is 1.68. The SMILES string of the molecule is C[S+](CC[C@H](N)C(=O)O)C[C@H]1O[C@@H](n2cnc3c(N)ccnc32)[C@@H](O)C1O. The van der Waals surface area contributed by atoms with Crippen LogP contribution in [-0.4, -0.2) is 77.9 Å². The van der Waals surface area contributed by atoms with Gasteiger partial charge in [0, 0.05) is 12.6 Å². The smallest absolute Gasteiger partial charge is 0.320 e. The molecule has 27 heavy (non-hydrogen) atoms. The number of hydrogen-bond acceptors (Lipinski definition) is 8. The molecule has 0 spiro atoms. The number of carboxylic acid groups (broad SMARTS) is 1. The van der Waals surface area contributed by atoms with Gasteiger partial charge < -0.3 is 31.5 Å². The third kappa shape index (κ3) is 4.01. The highest BCUT2D eigenvalue weighted by molar-refractivity contribution is 7.96. The van der Waals surface area contributed by atoms with Crippen LogP contribution in [0.15, 0.2) is 18.6 Å². The Hall–Kier alpha value is -1.92. The molecule has 1 aliphatic heterocycles. The number of rotatable bonds is 7. The van der Waals surface area contributed by atoms with Crippen LogP contribution in [0.2, 0.25) is 0 Å². The fraction of sp³-hybridized carbons (Fsp3) is 0.562. The Morgan fingerprint density at radius 1 is 1.41 bits per heavy atom. The van der Waals surface area contributed by atoms with Crippen molar-refractivity contribution in [3.05, 3.63) is 18.6 Å². The van der Waals surface area contributed by atoms with Crippen LogP contribution in [0.5, 0.6) is 0 Å². The lowest BCUT2D eigenvalue weighted by molar-refractivity contribution is -0.138. The summed E-state index contributed by atoms with van der Waals surface area (Å²) in [6.45, 7) is 0. The molecule has 7 N–H and O–H groups in total. The van der Waals surface area contributed by atoms with Crippen molar-refractivity contribution in [1.82, 2.24) is 14.5 Å². The van der Waals surface area contributed by atoms with Crippen LogP contribution in [0, 0.1) is 0 Å². The molecule has 0 saturated carbocycles. The molecule has 6 atom stereocenters. The van der Waals surface area contributed by atoms with Crippen LogP contribution in [0.25, 0.3) is 11.2 Å². The summed E-state index contributed by atoms with van der Waals surface area (Å²) in [7, 11) is -0.225. The van der Waals surface area contributed by atoms with E-state index in [0.29, 0.717) is 34.8 Å². The van der Waals surface area contributed by atoms with Gasteiger partial charge >= 0.3 is 5.97 Å². The topological polar surface area (TPSA) is 170 Å². The van der Waals surface area contributed by atoms with E-state index in [-0.39, 0.29) is 10.9 Å². The molecule has 0 bridgehead atoms. The number of aliphatic hydroxyl groups is 2. The van der Waals surface area contributed by atoms with Gasteiger partial charge in [-0.1, -0.05) is 0 Å². The average Bonchev–Trinajstić information content (AvgIpc) is 3.17. The summed E-state index contributed by atoms with van der Waals surface area (Å²) in [4.78, 5) is 19.3. The second kappa shape index (κ2) is 7.98. The summed E-state index contributed by atoms with van der Waals surface area (Å²) in [5.41, 5.74) is 12.9. The fourth-order valence-corrected chi connectivity index (χ4v) is 4.71. The third-order valence-electron chi connectivity index (χ3n) is 4.65. The summed E-state index contributed by atoms with van der Waals surface area (Å²) in [5, 5.41) is 29.7. The molecule has 3 heterocycles. The lowest BCUT2D eigenvalue weighted by Gasteiger charge is -2.16. The van der Waals surface area contributed by atoms with Crippen molar-refractivity contribution in [2.45, 2.75) is 37.0 Å². The molecule has 2 aromatic rings. The van der Waals surface area contributed by atoms with Gasteiger partial charge in [0.1, 0.15) is 41.4 Å². The number of hydrogen-bond donors (Lipinski definition) is 5. The highest BCUT2D eigenvalue weighted by atomic mass is 32.2. The summed E-state index contributed by atoms with van der Waals surface area (Å²) >= 11 is 0. The van der Waals surface area contributed by atoms with Crippen LogP contribution in [0.4, 0.5) is 5.69 Å². The van der Waals surface area contributed by atoms with E-state index in [9.17, 15) is 15.0 Å². The van der Waals surface area contributed by atoms with Crippen molar-refractivity contribution < 1.29 is 24.9 Å². The summed E-state index contributed by atoms with van der Waals surface area (Å²) in [5.74, 6) is 0.0642. The van der Waals surface area contributed by atoms with Gasteiger partial charge in [0.15, 0.2) is 11.9 Å². The van der Waals surface area contributed by atoms with E-state index < -0.39 is 36.6 Å². The zero-order chi connectivity index (χ0) is 19.7. The molecule has 0 aliphatic carbocycles. The standard InChI is InChI=1S/C16H23N5O5S/c1-27(5-3-9(18)16(24)25)6-10-12(22)13(23)15(26-10)21-7-20-11-8(17)2-4-19-14(11)21/h2,4,7,9-10,12-13,15,22-23H,3,5-6,18H2,1H3,(H2-,17,19,24,25)/p+1/t9-,10+,12?,13-,15+,27?/m0/s1. The predicted molar refractivity (Wildman–Crippen MR) is 101 cm³/mol. The van der Waals surface area contributed by atoms with Crippen LogP contribution >= 0.6 is 0 Å². The van der Waals surface area contributed by atoms with Crippen molar-refractivity contribution in [3.8, 4) is 0 Å². The molecule has 1 fully saturated rings. The first-order chi connectivity index (χ1) is 12.8. The molecule has 10 nitrogen and oxygen atoms in total. The molecule has 0 radical (unpaired) electrons. The molecule has 0 amide bonds. The normalized spacial score (nSPS) is 27.7. The van der Waals surface area contributed by atoms with Crippen LogP contribution in [0.3, 0.4) is 0 Å². The number of pyridine rings is 1. The first-order valence-corrected chi connectivity index (χ1v) is 10.4. The molecule has 148 valence electrons. The van der Waals surface area contributed by atoms with Crippen LogP contribution < -0.4 is 11.5 Å². The predicted octanol–water partition coefficient (Wildman–Crippen LogP) is -1.32. The van der Waals surface area contributed by atoms with E-state index in [1.54, 1.807) is 16.8 Å². The number of imidazole rings is 1. The zero-order valence-electron chi connectivity index (χ0n) is 14.8. The van der Waals surface area contributed by atoms with Crippen LogP contribution in [-0.2, 0) is 20.4 Å². The van der Waals surface area contributed by atoms with Crippen molar-refractivity contribution >= 4 is 33.7 Å². The number of nitrogens with zero attached hydrogens (tertiary/aromatic N) is 3. The van der Waals surface area contributed by atoms with Gasteiger partial charge in [0.2, 0.25) is 0 Å². The monoisotopic (exact) mass is 398 g/mol. The van der Waals surface area contributed by atoms with E-state index in [4.69, 9.17) is 21.3 Å². The first-order valence-electron chi connectivity index (χ1n) is 8.45. The Labute approximate surface area is 158 Å². The summed E-state index contributed by atoms with van der Waals surface area (Å²) < 4.78 is 7.47. The maximum Gasteiger partial charge on any atom is 0.320 e. The minimum Gasteiger partial charge on any atom is -0.480 e. The second-order valence-corrected chi connectivity index (χ2v) is 8.96. The average molecular weight is 398 g/mol. The van der Waals surface area contributed by atoms with Crippen molar-refractivity contribution in [2.75, 3.05) is 23.5 Å². The Morgan fingerprint density at radius 2 is 2.15 bits per heavy atom. The number of aliphatic carboxylic acids is 1. The Kier molecular flexibility index (Phi) is 5.86. The van der Waals surface area contributed by atoms with Gasteiger partial charge in [-0.15, -0.1) is 0 Å². The van der Waals surface area contributed by atoms with Gasteiger partial charge in [0.25, 0.3) is 0 Å². The zero-order valence-corrected chi connectivity index (χ0v) is 15.6. The number of ether oxygens (including phenoxy) is 1.